The molecule has 7 heteroatoms. The van der Waals surface area contributed by atoms with Crippen molar-refractivity contribution < 1.29 is 4.74 Å². The minimum absolute atomic E-state index is 0.300. The van der Waals surface area contributed by atoms with Crippen molar-refractivity contribution in [1.29, 1.82) is 0 Å². The highest BCUT2D eigenvalue weighted by atomic mass is 32.2. The third kappa shape index (κ3) is 4.35. The molecule has 0 amide bonds. The number of ether oxygens (including phenoxy) is 1. The van der Waals surface area contributed by atoms with Crippen LogP contribution in [0.1, 0.15) is 27.7 Å². The lowest BCUT2D eigenvalue weighted by Gasteiger charge is -2.14. The Bertz CT molecular complexity index is 361. The fraction of sp³-hybridized carbons (Fsp3) is 0.700. The minimum Gasteiger partial charge on any atom is -0.464 e. The number of hydrogen-bond donors (Lipinski definition) is 2. The molecule has 6 nitrogen and oxygen atoms in total. The van der Waals surface area contributed by atoms with Crippen molar-refractivity contribution in [2.24, 2.45) is 11.8 Å². The number of thioether (sulfide) groups is 1. The average molecular weight is 257 g/mol. The van der Waals surface area contributed by atoms with Crippen LogP contribution < -0.4 is 16.0 Å². The quantitative estimate of drug-likeness (QED) is 0.455. The molecule has 1 atom stereocenters. The van der Waals surface area contributed by atoms with Crippen molar-refractivity contribution in [3.05, 3.63) is 0 Å². The summed E-state index contributed by atoms with van der Waals surface area (Å²) < 4.78 is 5.26. The molecule has 0 aliphatic rings. The SMILES string of the molecule is CCOc1nc(NN)nc(SC(C)C(C)C)n1. The first-order valence-corrected chi connectivity index (χ1v) is 6.47. The minimum atomic E-state index is 0.300. The first-order chi connectivity index (χ1) is 8.06. The van der Waals surface area contributed by atoms with Crippen LogP contribution in [0.5, 0.6) is 6.01 Å². The van der Waals surface area contributed by atoms with Gasteiger partial charge in [0.05, 0.1) is 6.61 Å². The van der Waals surface area contributed by atoms with Crippen LogP contribution in [-0.4, -0.2) is 26.8 Å². The number of hydrogen-bond acceptors (Lipinski definition) is 7. The third-order valence-electron chi connectivity index (χ3n) is 2.23. The lowest BCUT2D eigenvalue weighted by molar-refractivity contribution is 0.308. The van der Waals surface area contributed by atoms with Gasteiger partial charge in [0.2, 0.25) is 5.95 Å². The second-order valence-corrected chi connectivity index (χ2v) is 5.21. The zero-order valence-electron chi connectivity index (χ0n) is 10.6. The van der Waals surface area contributed by atoms with Crippen LogP contribution in [0.25, 0.3) is 0 Å². The van der Waals surface area contributed by atoms with Crippen LogP contribution in [0.3, 0.4) is 0 Å². The van der Waals surface area contributed by atoms with Gasteiger partial charge in [-0.2, -0.15) is 15.0 Å². The maximum Gasteiger partial charge on any atom is 0.322 e. The number of nitrogens with two attached hydrogens (primary N) is 1. The summed E-state index contributed by atoms with van der Waals surface area (Å²) in [5.74, 6) is 6.17. The van der Waals surface area contributed by atoms with E-state index in [1.54, 1.807) is 11.8 Å². The van der Waals surface area contributed by atoms with Gasteiger partial charge in [-0.25, -0.2) is 5.84 Å². The number of nitrogens with zero attached hydrogens (tertiary/aromatic N) is 3. The van der Waals surface area contributed by atoms with Gasteiger partial charge in [0.25, 0.3) is 0 Å². The number of aromatic nitrogens is 3. The van der Waals surface area contributed by atoms with Gasteiger partial charge in [0.1, 0.15) is 0 Å². The van der Waals surface area contributed by atoms with Gasteiger partial charge in [-0.15, -0.1) is 0 Å². The lowest BCUT2D eigenvalue weighted by Crippen LogP contribution is -2.14. The van der Waals surface area contributed by atoms with Crippen molar-refractivity contribution in [1.82, 2.24) is 15.0 Å². The number of anilines is 1. The van der Waals surface area contributed by atoms with Crippen LogP contribution in [0.15, 0.2) is 5.16 Å². The van der Waals surface area contributed by atoms with Crippen molar-refractivity contribution in [3.63, 3.8) is 0 Å². The molecule has 0 aliphatic carbocycles. The molecule has 0 saturated heterocycles. The van der Waals surface area contributed by atoms with E-state index in [4.69, 9.17) is 10.6 Å². The Morgan fingerprint density at radius 2 is 2.00 bits per heavy atom. The Morgan fingerprint density at radius 1 is 1.29 bits per heavy atom. The van der Waals surface area contributed by atoms with Crippen molar-refractivity contribution in [2.45, 2.75) is 38.1 Å². The zero-order chi connectivity index (χ0) is 12.8. The molecule has 1 rings (SSSR count). The van der Waals surface area contributed by atoms with Crippen molar-refractivity contribution >= 4 is 17.7 Å². The molecule has 0 saturated carbocycles. The number of hydrazine groups is 1. The maximum atomic E-state index is 5.31. The molecular weight excluding hydrogens is 238 g/mol. The fourth-order valence-electron chi connectivity index (χ4n) is 0.951. The molecule has 3 N–H and O–H groups in total. The Labute approximate surface area is 106 Å². The first kappa shape index (κ1) is 14.0. The molecular formula is C10H19N5OS. The van der Waals surface area contributed by atoms with E-state index in [0.717, 1.165) is 0 Å². The lowest BCUT2D eigenvalue weighted by atomic mass is 10.2. The molecule has 1 aromatic heterocycles. The zero-order valence-corrected chi connectivity index (χ0v) is 11.4. The van der Waals surface area contributed by atoms with Gasteiger partial charge in [-0.1, -0.05) is 32.5 Å². The van der Waals surface area contributed by atoms with E-state index in [9.17, 15) is 0 Å². The van der Waals surface area contributed by atoms with Gasteiger partial charge >= 0.3 is 6.01 Å². The molecule has 1 unspecified atom stereocenters. The summed E-state index contributed by atoms with van der Waals surface area (Å²) in [6.07, 6.45) is 0. The molecule has 1 heterocycles. The Hall–Kier alpha value is -1.08. The van der Waals surface area contributed by atoms with Crippen LogP contribution in [0.2, 0.25) is 0 Å². The van der Waals surface area contributed by atoms with E-state index in [-0.39, 0.29) is 0 Å². The Kier molecular flexibility index (Phi) is 5.43. The topological polar surface area (TPSA) is 86.0 Å². The van der Waals surface area contributed by atoms with Gasteiger partial charge in [0, 0.05) is 5.25 Å². The first-order valence-electron chi connectivity index (χ1n) is 5.59. The van der Waals surface area contributed by atoms with Crippen LogP contribution in [0.4, 0.5) is 5.95 Å². The predicted molar refractivity (Wildman–Crippen MR) is 69.0 cm³/mol. The summed E-state index contributed by atoms with van der Waals surface area (Å²) >= 11 is 1.58. The average Bonchev–Trinajstić information content (AvgIpc) is 2.28. The molecule has 0 radical (unpaired) electrons. The van der Waals surface area contributed by atoms with Gasteiger partial charge < -0.3 is 4.74 Å². The number of nitrogen functional groups attached to an aromatic ring is 1. The van der Waals surface area contributed by atoms with Crippen molar-refractivity contribution in [2.75, 3.05) is 12.0 Å². The van der Waals surface area contributed by atoms with E-state index in [0.29, 0.717) is 34.9 Å². The van der Waals surface area contributed by atoms with Crippen LogP contribution in [0, 0.1) is 5.92 Å². The highest BCUT2D eigenvalue weighted by Gasteiger charge is 2.13. The summed E-state index contributed by atoms with van der Waals surface area (Å²) in [7, 11) is 0. The summed E-state index contributed by atoms with van der Waals surface area (Å²) in [4.78, 5) is 12.4. The molecule has 0 spiro atoms. The maximum absolute atomic E-state index is 5.31. The van der Waals surface area contributed by atoms with Crippen molar-refractivity contribution in [3.8, 4) is 6.01 Å². The largest absolute Gasteiger partial charge is 0.464 e. The normalized spacial score (nSPS) is 12.6. The summed E-state index contributed by atoms with van der Waals surface area (Å²) in [6.45, 7) is 8.84. The van der Waals surface area contributed by atoms with Crippen LogP contribution in [-0.2, 0) is 0 Å². The standard InChI is InChI=1S/C10H19N5OS/c1-5-16-9-12-8(15-11)13-10(14-9)17-7(4)6(2)3/h6-7H,5,11H2,1-4H3,(H,12,13,14,15). The Balaban J connectivity index is 2.86. The summed E-state index contributed by atoms with van der Waals surface area (Å²) in [5, 5.41) is 1.04. The fourth-order valence-corrected chi connectivity index (χ4v) is 1.83. The molecule has 0 fully saturated rings. The smallest absolute Gasteiger partial charge is 0.322 e. The van der Waals surface area contributed by atoms with Gasteiger partial charge in [-0.3, -0.25) is 5.43 Å². The monoisotopic (exact) mass is 257 g/mol. The molecule has 0 bridgehead atoms. The van der Waals surface area contributed by atoms with E-state index >= 15 is 0 Å². The van der Waals surface area contributed by atoms with E-state index in [1.165, 1.54) is 0 Å². The molecule has 1 aromatic rings. The number of nitrogens with one attached hydrogen (secondary N) is 1. The molecule has 0 aromatic carbocycles. The van der Waals surface area contributed by atoms with Crippen LogP contribution >= 0.6 is 11.8 Å². The Morgan fingerprint density at radius 3 is 2.53 bits per heavy atom. The van der Waals surface area contributed by atoms with Gasteiger partial charge in [0.15, 0.2) is 5.16 Å². The summed E-state index contributed by atoms with van der Waals surface area (Å²) in [6, 6.07) is 0.300. The summed E-state index contributed by atoms with van der Waals surface area (Å²) in [5.41, 5.74) is 2.41. The highest BCUT2D eigenvalue weighted by Crippen LogP contribution is 2.26. The van der Waals surface area contributed by atoms with E-state index in [1.807, 2.05) is 6.92 Å². The molecule has 0 aliphatic heterocycles. The highest BCUT2D eigenvalue weighted by molar-refractivity contribution is 7.99. The third-order valence-corrected chi connectivity index (χ3v) is 3.54. The molecule has 17 heavy (non-hydrogen) atoms. The van der Waals surface area contributed by atoms with E-state index < -0.39 is 0 Å². The van der Waals surface area contributed by atoms with Gasteiger partial charge in [-0.05, 0) is 12.8 Å². The predicted octanol–water partition coefficient (Wildman–Crippen LogP) is 1.69. The second kappa shape index (κ2) is 6.61. The number of rotatable bonds is 6. The molecule has 96 valence electrons. The van der Waals surface area contributed by atoms with E-state index in [2.05, 4.69) is 41.1 Å². The second-order valence-electron chi connectivity index (χ2n) is 3.87.